The Labute approximate surface area is 159 Å². The number of nitrogens with zero attached hydrogens (tertiary/aromatic N) is 5. The standard InChI is InChI=1S/C19H28N6O2/c1-12-9-16(24(5)23-12)25-8-7-14(17(25)26)21-15-10-13(11-27-6)20-18(22-15)19(2,3)4/h9-10,14H,7-8,11H2,1-6H3,(H,20,21,22). The Morgan fingerprint density at radius 1 is 1.30 bits per heavy atom. The number of nitrogens with one attached hydrogen (secondary N) is 1. The van der Waals surface area contributed by atoms with Crippen LogP contribution in [0.15, 0.2) is 12.1 Å². The second-order valence-corrected chi connectivity index (χ2v) is 7.99. The van der Waals surface area contributed by atoms with Crippen molar-refractivity contribution in [3.63, 3.8) is 0 Å². The van der Waals surface area contributed by atoms with Crippen LogP contribution in [0.4, 0.5) is 11.6 Å². The summed E-state index contributed by atoms with van der Waals surface area (Å²) >= 11 is 0. The summed E-state index contributed by atoms with van der Waals surface area (Å²) in [5.74, 6) is 2.23. The van der Waals surface area contributed by atoms with E-state index in [0.29, 0.717) is 25.4 Å². The molecular weight excluding hydrogens is 344 g/mol. The summed E-state index contributed by atoms with van der Waals surface area (Å²) < 4.78 is 6.97. The molecule has 1 aliphatic rings. The number of hydrogen-bond acceptors (Lipinski definition) is 6. The molecule has 2 aromatic rings. The first-order chi connectivity index (χ1) is 12.7. The molecule has 0 aromatic carbocycles. The molecule has 1 amide bonds. The minimum Gasteiger partial charge on any atom is -0.378 e. The number of anilines is 2. The second kappa shape index (κ2) is 7.26. The molecule has 3 heterocycles. The molecule has 3 rings (SSSR count). The van der Waals surface area contributed by atoms with Crippen molar-refractivity contribution < 1.29 is 9.53 Å². The van der Waals surface area contributed by atoms with Crippen molar-refractivity contribution >= 4 is 17.5 Å². The zero-order chi connectivity index (χ0) is 19.8. The number of rotatable bonds is 5. The second-order valence-electron chi connectivity index (χ2n) is 7.99. The zero-order valence-electron chi connectivity index (χ0n) is 16.9. The normalized spacial score (nSPS) is 17.6. The number of ether oxygens (including phenoxy) is 1. The van der Waals surface area contributed by atoms with E-state index in [0.717, 1.165) is 23.0 Å². The highest BCUT2D eigenvalue weighted by Gasteiger charge is 2.34. The first-order valence-corrected chi connectivity index (χ1v) is 9.15. The quantitative estimate of drug-likeness (QED) is 0.866. The van der Waals surface area contributed by atoms with Gasteiger partial charge in [0.15, 0.2) is 0 Å². The Morgan fingerprint density at radius 3 is 2.63 bits per heavy atom. The molecule has 0 radical (unpaired) electrons. The lowest BCUT2D eigenvalue weighted by Crippen LogP contribution is -2.35. The predicted molar refractivity (Wildman–Crippen MR) is 104 cm³/mol. The lowest BCUT2D eigenvalue weighted by molar-refractivity contribution is -0.117. The molecule has 0 bridgehead atoms. The summed E-state index contributed by atoms with van der Waals surface area (Å²) in [5, 5.41) is 7.64. The fraction of sp³-hybridized carbons (Fsp3) is 0.579. The Kier molecular flexibility index (Phi) is 5.19. The van der Waals surface area contributed by atoms with Gasteiger partial charge in [-0.15, -0.1) is 0 Å². The third-order valence-electron chi connectivity index (χ3n) is 4.52. The monoisotopic (exact) mass is 372 g/mol. The van der Waals surface area contributed by atoms with Gasteiger partial charge in [-0.05, 0) is 13.3 Å². The molecule has 0 saturated carbocycles. The minimum absolute atomic E-state index is 0.0298. The molecule has 1 saturated heterocycles. The van der Waals surface area contributed by atoms with Gasteiger partial charge in [-0.1, -0.05) is 20.8 Å². The van der Waals surface area contributed by atoms with Crippen molar-refractivity contribution in [2.75, 3.05) is 23.9 Å². The van der Waals surface area contributed by atoms with Gasteiger partial charge in [0.05, 0.1) is 18.0 Å². The van der Waals surface area contributed by atoms with Crippen molar-refractivity contribution in [1.29, 1.82) is 0 Å². The molecule has 1 N–H and O–H groups in total. The van der Waals surface area contributed by atoms with Gasteiger partial charge < -0.3 is 10.1 Å². The van der Waals surface area contributed by atoms with Crippen molar-refractivity contribution in [3.05, 3.63) is 29.3 Å². The van der Waals surface area contributed by atoms with Crippen LogP contribution < -0.4 is 10.2 Å². The molecule has 1 aliphatic heterocycles. The van der Waals surface area contributed by atoms with Crippen LogP contribution in [0.2, 0.25) is 0 Å². The maximum atomic E-state index is 12.9. The average molecular weight is 372 g/mol. The highest BCUT2D eigenvalue weighted by Crippen LogP contribution is 2.25. The fourth-order valence-corrected chi connectivity index (χ4v) is 3.20. The van der Waals surface area contributed by atoms with E-state index in [1.165, 1.54) is 0 Å². The Bertz CT molecular complexity index is 839. The SMILES string of the molecule is COCc1cc(NC2CCN(c3cc(C)nn3C)C2=O)nc(C(C)(C)C)n1. The van der Waals surface area contributed by atoms with Crippen molar-refractivity contribution in [3.8, 4) is 0 Å². The number of carbonyl (C=O) groups excluding carboxylic acids is 1. The molecule has 146 valence electrons. The van der Waals surface area contributed by atoms with Gasteiger partial charge in [0.25, 0.3) is 5.91 Å². The number of aryl methyl sites for hydroxylation is 2. The van der Waals surface area contributed by atoms with Crippen LogP contribution in [0, 0.1) is 6.92 Å². The van der Waals surface area contributed by atoms with Crippen LogP contribution in [0.3, 0.4) is 0 Å². The molecule has 8 heteroatoms. The fourth-order valence-electron chi connectivity index (χ4n) is 3.20. The van der Waals surface area contributed by atoms with Crippen LogP contribution in [-0.4, -0.2) is 45.4 Å². The number of hydrogen-bond donors (Lipinski definition) is 1. The largest absolute Gasteiger partial charge is 0.378 e. The summed E-state index contributed by atoms with van der Waals surface area (Å²) in [6.07, 6.45) is 0.706. The highest BCUT2D eigenvalue weighted by atomic mass is 16.5. The number of carbonyl (C=O) groups is 1. The smallest absolute Gasteiger partial charge is 0.250 e. The van der Waals surface area contributed by atoms with E-state index in [1.54, 1.807) is 16.7 Å². The number of aromatic nitrogens is 4. The van der Waals surface area contributed by atoms with Gasteiger partial charge in [0.2, 0.25) is 0 Å². The molecule has 1 atom stereocenters. The van der Waals surface area contributed by atoms with Crippen molar-refractivity contribution in [1.82, 2.24) is 19.7 Å². The van der Waals surface area contributed by atoms with Gasteiger partial charge >= 0.3 is 0 Å². The van der Waals surface area contributed by atoms with E-state index >= 15 is 0 Å². The third kappa shape index (κ3) is 4.10. The molecule has 8 nitrogen and oxygen atoms in total. The number of methoxy groups -OCH3 is 1. The summed E-state index contributed by atoms with van der Waals surface area (Å²) in [7, 11) is 3.49. The molecule has 0 aliphatic carbocycles. The summed E-state index contributed by atoms with van der Waals surface area (Å²) in [6, 6.07) is 3.46. The van der Waals surface area contributed by atoms with Crippen molar-refractivity contribution in [2.24, 2.45) is 7.05 Å². The Hall–Kier alpha value is -2.48. The first-order valence-electron chi connectivity index (χ1n) is 9.15. The van der Waals surface area contributed by atoms with E-state index in [2.05, 4.69) is 41.2 Å². The van der Waals surface area contributed by atoms with E-state index in [1.807, 2.05) is 26.1 Å². The van der Waals surface area contributed by atoms with Crippen LogP contribution in [0.1, 0.15) is 44.4 Å². The molecular formula is C19H28N6O2. The number of amides is 1. The van der Waals surface area contributed by atoms with Crippen LogP contribution >= 0.6 is 0 Å². The Morgan fingerprint density at radius 2 is 2.04 bits per heavy atom. The summed E-state index contributed by atoms with van der Waals surface area (Å²) in [4.78, 5) is 23.9. The predicted octanol–water partition coefficient (Wildman–Crippen LogP) is 2.18. The van der Waals surface area contributed by atoms with Gasteiger partial charge in [0.1, 0.15) is 23.5 Å². The lowest BCUT2D eigenvalue weighted by Gasteiger charge is -2.20. The van der Waals surface area contributed by atoms with Gasteiger partial charge in [-0.3, -0.25) is 14.4 Å². The topological polar surface area (TPSA) is 85.2 Å². The average Bonchev–Trinajstić information content (AvgIpc) is 3.09. The van der Waals surface area contributed by atoms with E-state index in [9.17, 15) is 4.79 Å². The third-order valence-corrected chi connectivity index (χ3v) is 4.52. The van der Waals surface area contributed by atoms with E-state index in [-0.39, 0.29) is 17.4 Å². The first kappa shape index (κ1) is 19.3. The summed E-state index contributed by atoms with van der Waals surface area (Å²) in [6.45, 7) is 9.17. The maximum Gasteiger partial charge on any atom is 0.250 e. The van der Waals surface area contributed by atoms with Gasteiger partial charge in [-0.2, -0.15) is 5.10 Å². The molecule has 2 aromatic heterocycles. The molecule has 1 fully saturated rings. The zero-order valence-corrected chi connectivity index (χ0v) is 16.9. The van der Waals surface area contributed by atoms with Crippen LogP contribution in [0.25, 0.3) is 0 Å². The molecule has 1 unspecified atom stereocenters. The van der Waals surface area contributed by atoms with Gasteiger partial charge in [0, 0.05) is 38.2 Å². The lowest BCUT2D eigenvalue weighted by atomic mass is 9.95. The highest BCUT2D eigenvalue weighted by molar-refractivity contribution is 6.00. The Balaban J connectivity index is 1.82. The maximum absolute atomic E-state index is 12.9. The van der Waals surface area contributed by atoms with Crippen LogP contribution in [-0.2, 0) is 28.6 Å². The van der Waals surface area contributed by atoms with Gasteiger partial charge in [-0.25, -0.2) is 9.97 Å². The molecule has 27 heavy (non-hydrogen) atoms. The van der Waals surface area contributed by atoms with E-state index in [4.69, 9.17) is 4.74 Å². The minimum atomic E-state index is -0.321. The summed E-state index contributed by atoms with van der Waals surface area (Å²) in [5.41, 5.74) is 1.49. The molecule has 0 spiro atoms. The van der Waals surface area contributed by atoms with Crippen LogP contribution in [0.5, 0.6) is 0 Å². The van der Waals surface area contributed by atoms with E-state index < -0.39 is 0 Å². The van der Waals surface area contributed by atoms with Crippen molar-refractivity contribution in [2.45, 2.75) is 52.2 Å².